The maximum Gasteiger partial charge on any atom is 0.126 e. The average molecular weight is 279 g/mol. The molecule has 1 aromatic heterocycles. The van der Waals surface area contributed by atoms with Gasteiger partial charge < -0.3 is 9.88 Å². The fraction of sp³-hybridized carbons (Fsp3) is 0.278. The number of para-hydroxylation sites is 1. The van der Waals surface area contributed by atoms with Gasteiger partial charge in [0.05, 0.1) is 17.6 Å². The van der Waals surface area contributed by atoms with E-state index in [1.807, 2.05) is 6.07 Å². The Hall–Kier alpha value is -2.29. The van der Waals surface area contributed by atoms with E-state index < -0.39 is 0 Å². The minimum atomic E-state index is 0.799. The molecule has 0 amide bonds. The van der Waals surface area contributed by atoms with Crippen molar-refractivity contribution in [2.45, 2.75) is 27.3 Å². The van der Waals surface area contributed by atoms with Gasteiger partial charge in [-0.1, -0.05) is 18.2 Å². The van der Waals surface area contributed by atoms with Crippen LogP contribution in [0.15, 0.2) is 42.5 Å². The molecule has 1 N–H and O–H groups in total. The van der Waals surface area contributed by atoms with Crippen molar-refractivity contribution in [1.82, 2.24) is 9.97 Å². The van der Waals surface area contributed by atoms with Gasteiger partial charge in [-0.3, -0.25) is 0 Å². The molecule has 0 fully saturated rings. The van der Waals surface area contributed by atoms with Crippen molar-refractivity contribution in [1.29, 1.82) is 0 Å². The van der Waals surface area contributed by atoms with E-state index in [-0.39, 0.29) is 0 Å². The van der Waals surface area contributed by atoms with Crippen molar-refractivity contribution < 1.29 is 0 Å². The molecule has 3 heteroatoms. The Morgan fingerprint density at radius 1 is 1.05 bits per heavy atom. The maximum absolute atomic E-state index is 4.73. The van der Waals surface area contributed by atoms with Crippen LogP contribution in [0.25, 0.3) is 11.0 Å². The number of anilines is 1. The predicted octanol–water partition coefficient (Wildman–Crippen LogP) is 4.21. The fourth-order valence-corrected chi connectivity index (χ4v) is 2.60. The van der Waals surface area contributed by atoms with E-state index in [0.29, 0.717) is 0 Å². The highest BCUT2D eigenvalue weighted by Gasteiger charge is 2.09. The Morgan fingerprint density at radius 3 is 2.48 bits per heavy atom. The van der Waals surface area contributed by atoms with Crippen LogP contribution >= 0.6 is 0 Å². The number of hydrogen-bond donors (Lipinski definition) is 1. The van der Waals surface area contributed by atoms with E-state index in [0.717, 1.165) is 29.9 Å². The summed E-state index contributed by atoms with van der Waals surface area (Å²) in [5.41, 5.74) is 5.99. The van der Waals surface area contributed by atoms with Crippen LogP contribution < -0.4 is 4.90 Å². The molecule has 2 aromatic carbocycles. The Labute approximate surface area is 125 Å². The van der Waals surface area contributed by atoms with E-state index in [2.05, 4.69) is 67.1 Å². The summed E-state index contributed by atoms with van der Waals surface area (Å²) in [5.74, 6) is 1.01. The highest BCUT2D eigenvalue weighted by molar-refractivity contribution is 5.77. The van der Waals surface area contributed by atoms with Gasteiger partial charge >= 0.3 is 0 Å². The van der Waals surface area contributed by atoms with Gasteiger partial charge in [0.15, 0.2) is 0 Å². The van der Waals surface area contributed by atoms with Crippen LogP contribution in [-0.4, -0.2) is 16.5 Å². The van der Waals surface area contributed by atoms with E-state index in [1.165, 1.54) is 16.8 Å². The first-order valence-electron chi connectivity index (χ1n) is 7.43. The van der Waals surface area contributed by atoms with Gasteiger partial charge in [0.25, 0.3) is 0 Å². The van der Waals surface area contributed by atoms with Crippen molar-refractivity contribution in [3.05, 3.63) is 59.4 Å². The molecular weight excluding hydrogens is 258 g/mol. The Bertz CT molecular complexity index is 705. The lowest BCUT2D eigenvalue weighted by Crippen LogP contribution is -2.22. The normalized spacial score (nSPS) is 11.0. The van der Waals surface area contributed by atoms with E-state index in [1.54, 1.807) is 0 Å². The average Bonchev–Trinajstić information content (AvgIpc) is 2.87. The lowest BCUT2D eigenvalue weighted by atomic mass is 10.1. The van der Waals surface area contributed by atoms with E-state index >= 15 is 0 Å². The zero-order valence-electron chi connectivity index (χ0n) is 12.9. The van der Waals surface area contributed by atoms with Crippen molar-refractivity contribution in [3.63, 3.8) is 0 Å². The molecule has 1 heterocycles. The molecule has 3 nitrogen and oxygen atoms in total. The molecule has 0 atom stereocenters. The third-order valence-corrected chi connectivity index (χ3v) is 3.99. The molecule has 0 aliphatic rings. The smallest absolute Gasteiger partial charge is 0.126 e. The molecule has 21 heavy (non-hydrogen) atoms. The highest BCUT2D eigenvalue weighted by Crippen LogP contribution is 2.20. The monoisotopic (exact) mass is 279 g/mol. The second-order valence-corrected chi connectivity index (χ2v) is 5.49. The number of hydrogen-bond acceptors (Lipinski definition) is 2. The van der Waals surface area contributed by atoms with E-state index in [9.17, 15) is 0 Å². The molecule has 3 rings (SSSR count). The zero-order valence-corrected chi connectivity index (χ0v) is 12.9. The van der Waals surface area contributed by atoms with Crippen molar-refractivity contribution >= 4 is 16.7 Å². The number of H-pyrrole nitrogens is 1. The standard InChI is InChI=1S/C18H21N3/c1-4-21(15-8-6-5-7-9-15)12-18-19-16-10-13(2)14(3)11-17(16)20-18/h5-11H,4,12H2,1-3H3,(H,19,20). The van der Waals surface area contributed by atoms with Gasteiger partial charge in [-0.25, -0.2) is 4.98 Å². The summed E-state index contributed by atoms with van der Waals surface area (Å²) in [4.78, 5) is 10.5. The number of aromatic nitrogens is 2. The molecule has 0 bridgehead atoms. The molecule has 0 aliphatic heterocycles. The van der Waals surface area contributed by atoms with Crippen LogP contribution in [0.1, 0.15) is 23.9 Å². The summed E-state index contributed by atoms with van der Waals surface area (Å²) in [6, 6.07) is 14.8. The van der Waals surface area contributed by atoms with Gasteiger partial charge in [0.2, 0.25) is 0 Å². The summed E-state index contributed by atoms with van der Waals surface area (Å²) in [5, 5.41) is 0. The summed E-state index contributed by atoms with van der Waals surface area (Å²) >= 11 is 0. The van der Waals surface area contributed by atoms with Crippen LogP contribution in [0.2, 0.25) is 0 Å². The summed E-state index contributed by atoms with van der Waals surface area (Å²) in [6.07, 6.45) is 0. The molecule has 0 saturated heterocycles. The number of fused-ring (bicyclic) bond motifs is 1. The van der Waals surface area contributed by atoms with Crippen LogP contribution in [0.3, 0.4) is 0 Å². The van der Waals surface area contributed by atoms with Crippen molar-refractivity contribution in [2.24, 2.45) is 0 Å². The Kier molecular flexibility index (Phi) is 3.65. The summed E-state index contributed by atoms with van der Waals surface area (Å²) < 4.78 is 0. The lowest BCUT2D eigenvalue weighted by molar-refractivity contribution is 0.796. The van der Waals surface area contributed by atoms with Gasteiger partial charge in [-0.15, -0.1) is 0 Å². The first-order valence-corrected chi connectivity index (χ1v) is 7.43. The molecule has 0 unspecified atom stereocenters. The summed E-state index contributed by atoms with van der Waals surface area (Å²) in [6.45, 7) is 8.19. The second-order valence-electron chi connectivity index (χ2n) is 5.49. The van der Waals surface area contributed by atoms with Crippen LogP contribution in [-0.2, 0) is 6.54 Å². The molecule has 0 spiro atoms. The Balaban J connectivity index is 1.90. The van der Waals surface area contributed by atoms with Crippen LogP contribution in [0.5, 0.6) is 0 Å². The van der Waals surface area contributed by atoms with Crippen molar-refractivity contribution in [2.75, 3.05) is 11.4 Å². The number of nitrogens with zero attached hydrogens (tertiary/aromatic N) is 2. The van der Waals surface area contributed by atoms with Gasteiger partial charge in [0, 0.05) is 12.2 Å². The van der Waals surface area contributed by atoms with Gasteiger partial charge in [-0.2, -0.15) is 0 Å². The molecule has 0 aliphatic carbocycles. The van der Waals surface area contributed by atoms with Crippen molar-refractivity contribution in [3.8, 4) is 0 Å². The molecular formula is C18H21N3. The van der Waals surface area contributed by atoms with E-state index in [4.69, 9.17) is 4.98 Å². The number of rotatable bonds is 4. The summed E-state index contributed by atoms with van der Waals surface area (Å²) in [7, 11) is 0. The van der Waals surface area contributed by atoms with Crippen LogP contribution in [0, 0.1) is 13.8 Å². The number of aryl methyl sites for hydroxylation is 2. The SMILES string of the molecule is CCN(Cc1nc2cc(C)c(C)cc2[nH]1)c1ccccc1. The predicted molar refractivity (Wildman–Crippen MR) is 88.7 cm³/mol. The third kappa shape index (κ3) is 2.77. The first-order chi connectivity index (χ1) is 10.2. The highest BCUT2D eigenvalue weighted by atomic mass is 15.1. The molecule has 108 valence electrons. The minimum absolute atomic E-state index is 0.799. The molecule has 3 aromatic rings. The fourth-order valence-electron chi connectivity index (χ4n) is 2.60. The second kappa shape index (κ2) is 5.60. The van der Waals surface area contributed by atoms with Gasteiger partial charge in [0.1, 0.15) is 5.82 Å². The number of aromatic amines is 1. The largest absolute Gasteiger partial charge is 0.364 e. The topological polar surface area (TPSA) is 31.9 Å². The van der Waals surface area contributed by atoms with Crippen LogP contribution in [0.4, 0.5) is 5.69 Å². The number of benzene rings is 2. The Morgan fingerprint density at radius 2 is 1.76 bits per heavy atom. The number of imidazole rings is 1. The van der Waals surface area contributed by atoms with Gasteiger partial charge in [-0.05, 0) is 56.2 Å². The third-order valence-electron chi connectivity index (χ3n) is 3.99. The zero-order chi connectivity index (χ0) is 14.8. The molecule has 0 saturated carbocycles. The first kappa shape index (κ1) is 13.7. The lowest BCUT2D eigenvalue weighted by Gasteiger charge is -2.21. The molecule has 0 radical (unpaired) electrons. The number of nitrogens with one attached hydrogen (secondary N) is 1. The maximum atomic E-state index is 4.73. The quantitative estimate of drug-likeness (QED) is 0.776. The minimum Gasteiger partial charge on any atom is -0.364 e.